The molecule has 1 aromatic rings. The maximum atomic E-state index is 12.2. The number of benzene rings is 1. The van der Waals surface area contributed by atoms with Gasteiger partial charge in [-0.1, -0.05) is 28.4 Å². The van der Waals surface area contributed by atoms with E-state index < -0.39 is 0 Å². The fraction of sp³-hybridized carbons (Fsp3) is 0.562. The van der Waals surface area contributed by atoms with Gasteiger partial charge in [-0.05, 0) is 47.9 Å². The van der Waals surface area contributed by atoms with Crippen molar-refractivity contribution >= 4 is 21.8 Å². The summed E-state index contributed by atoms with van der Waals surface area (Å²) >= 11 is 3.58. The lowest BCUT2D eigenvalue weighted by molar-refractivity contribution is 0.0944. The molecule has 2 atom stereocenters. The molecule has 1 heterocycles. The number of amides is 1. The minimum absolute atomic E-state index is 0.0416. The predicted octanol–water partition coefficient (Wildman–Crippen LogP) is 3.26. The zero-order valence-corrected chi connectivity index (χ0v) is 13.1. The van der Waals surface area contributed by atoms with Crippen molar-refractivity contribution < 1.29 is 9.53 Å². The van der Waals surface area contributed by atoms with E-state index in [1.54, 1.807) is 0 Å². The second-order valence-corrected chi connectivity index (χ2v) is 6.44. The number of hydrogen-bond donors (Lipinski definition) is 1. The van der Waals surface area contributed by atoms with Crippen molar-refractivity contribution in [1.82, 2.24) is 5.32 Å². The van der Waals surface area contributed by atoms with Gasteiger partial charge in [0.15, 0.2) is 0 Å². The number of hydrogen-bond acceptors (Lipinski definition) is 2. The number of nitrogens with one attached hydrogen (secondary N) is 1. The number of carbonyl (C=O) groups is 1. The van der Waals surface area contributed by atoms with Crippen LogP contribution in [-0.4, -0.2) is 17.8 Å². The molecule has 3 rings (SSSR count). The van der Waals surface area contributed by atoms with Crippen molar-refractivity contribution in [3.8, 4) is 0 Å². The first-order valence-corrected chi connectivity index (χ1v) is 8.44. The summed E-state index contributed by atoms with van der Waals surface area (Å²) in [6.45, 7) is 2.10. The van der Waals surface area contributed by atoms with E-state index in [1.165, 1.54) is 24.8 Å². The quantitative estimate of drug-likeness (QED) is 0.856. The Hall–Kier alpha value is -0.870. The molecule has 1 N–H and O–H groups in total. The summed E-state index contributed by atoms with van der Waals surface area (Å²) < 4.78 is 5.38. The van der Waals surface area contributed by atoms with E-state index in [4.69, 9.17) is 4.74 Å². The molecule has 2 unspecified atom stereocenters. The number of carbonyl (C=O) groups excluding carboxylic acids is 1. The van der Waals surface area contributed by atoms with Gasteiger partial charge in [-0.2, -0.15) is 0 Å². The van der Waals surface area contributed by atoms with Gasteiger partial charge in [-0.3, -0.25) is 4.79 Å². The molecule has 1 amide bonds. The highest BCUT2D eigenvalue weighted by Crippen LogP contribution is 2.32. The fourth-order valence-corrected chi connectivity index (χ4v) is 4.08. The van der Waals surface area contributed by atoms with Crippen molar-refractivity contribution in [2.75, 3.05) is 11.9 Å². The van der Waals surface area contributed by atoms with Crippen LogP contribution in [0.1, 0.15) is 40.7 Å². The smallest absolute Gasteiger partial charge is 0.251 e. The standard InChI is InChI=1S/C16H20BrNO2/c17-7-12-2-1-3-13(12)8-18-16(19)11-4-5-14-9-20-10-15(14)6-11/h4-6,12-13H,1-3,7-10H2,(H,18,19). The van der Waals surface area contributed by atoms with Gasteiger partial charge in [0.05, 0.1) is 13.2 Å². The van der Waals surface area contributed by atoms with Gasteiger partial charge < -0.3 is 10.1 Å². The number of ether oxygens (including phenoxy) is 1. The molecule has 3 nitrogen and oxygen atoms in total. The van der Waals surface area contributed by atoms with Gasteiger partial charge in [-0.25, -0.2) is 0 Å². The number of rotatable bonds is 4. The molecule has 0 aromatic heterocycles. The highest BCUT2D eigenvalue weighted by Gasteiger charge is 2.26. The number of halogens is 1. The van der Waals surface area contributed by atoms with Crippen LogP contribution in [0.4, 0.5) is 0 Å². The molecule has 1 saturated carbocycles. The summed E-state index contributed by atoms with van der Waals surface area (Å²) in [5, 5.41) is 4.14. The molecule has 0 saturated heterocycles. The van der Waals surface area contributed by atoms with Crippen LogP contribution in [0.25, 0.3) is 0 Å². The SMILES string of the molecule is O=C(NCC1CCCC1CBr)c1ccc2c(c1)COC2. The second kappa shape index (κ2) is 6.27. The average Bonchev–Trinajstić information content (AvgIpc) is 3.12. The third kappa shape index (κ3) is 2.91. The molecule has 2 aliphatic rings. The maximum Gasteiger partial charge on any atom is 0.251 e. The van der Waals surface area contributed by atoms with Gasteiger partial charge >= 0.3 is 0 Å². The Bertz CT molecular complexity index is 503. The van der Waals surface area contributed by atoms with E-state index in [0.29, 0.717) is 25.0 Å². The molecule has 20 heavy (non-hydrogen) atoms. The summed E-state index contributed by atoms with van der Waals surface area (Å²) in [5.41, 5.74) is 3.11. The van der Waals surface area contributed by atoms with E-state index in [0.717, 1.165) is 23.0 Å². The zero-order valence-electron chi connectivity index (χ0n) is 11.5. The summed E-state index contributed by atoms with van der Waals surface area (Å²) in [5.74, 6) is 1.37. The Morgan fingerprint density at radius 1 is 1.25 bits per heavy atom. The second-order valence-electron chi connectivity index (χ2n) is 5.79. The molecular formula is C16H20BrNO2. The van der Waals surface area contributed by atoms with Crippen molar-refractivity contribution in [2.45, 2.75) is 32.5 Å². The van der Waals surface area contributed by atoms with Gasteiger partial charge in [0.25, 0.3) is 5.91 Å². The number of fused-ring (bicyclic) bond motifs is 1. The summed E-state index contributed by atoms with van der Waals surface area (Å²) in [4.78, 5) is 12.2. The van der Waals surface area contributed by atoms with Crippen LogP contribution < -0.4 is 5.32 Å². The Labute approximate surface area is 128 Å². The predicted molar refractivity (Wildman–Crippen MR) is 81.9 cm³/mol. The molecule has 0 radical (unpaired) electrons. The molecule has 108 valence electrons. The molecule has 1 fully saturated rings. The number of alkyl halides is 1. The Kier molecular flexibility index (Phi) is 4.41. The largest absolute Gasteiger partial charge is 0.372 e. The van der Waals surface area contributed by atoms with Crippen molar-refractivity contribution in [3.05, 3.63) is 34.9 Å². The van der Waals surface area contributed by atoms with Crippen LogP contribution in [0.2, 0.25) is 0 Å². The molecule has 4 heteroatoms. The van der Waals surface area contributed by atoms with Gasteiger partial charge in [0.1, 0.15) is 0 Å². The molecule has 0 spiro atoms. The highest BCUT2D eigenvalue weighted by molar-refractivity contribution is 9.09. The molecule has 1 aromatic carbocycles. The van der Waals surface area contributed by atoms with Crippen molar-refractivity contribution in [1.29, 1.82) is 0 Å². The van der Waals surface area contributed by atoms with Crippen LogP contribution in [0.5, 0.6) is 0 Å². The molecule has 1 aliphatic carbocycles. The molecule has 0 bridgehead atoms. The molecule has 1 aliphatic heterocycles. The van der Waals surface area contributed by atoms with E-state index in [2.05, 4.69) is 21.2 Å². The Morgan fingerprint density at radius 2 is 2.05 bits per heavy atom. The minimum Gasteiger partial charge on any atom is -0.372 e. The van der Waals surface area contributed by atoms with Gasteiger partial charge in [-0.15, -0.1) is 0 Å². The van der Waals surface area contributed by atoms with Crippen LogP contribution in [-0.2, 0) is 18.0 Å². The first kappa shape index (κ1) is 14.1. The Balaban J connectivity index is 1.59. The topological polar surface area (TPSA) is 38.3 Å². The van der Waals surface area contributed by atoms with Crippen LogP contribution >= 0.6 is 15.9 Å². The first-order chi connectivity index (χ1) is 9.78. The normalized spacial score (nSPS) is 24.6. The highest BCUT2D eigenvalue weighted by atomic mass is 79.9. The summed E-state index contributed by atoms with van der Waals surface area (Å²) in [7, 11) is 0. The van der Waals surface area contributed by atoms with E-state index >= 15 is 0 Å². The van der Waals surface area contributed by atoms with Crippen molar-refractivity contribution in [3.63, 3.8) is 0 Å². The van der Waals surface area contributed by atoms with Crippen LogP contribution in [0.15, 0.2) is 18.2 Å². The monoisotopic (exact) mass is 337 g/mol. The van der Waals surface area contributed by atoms with Crippen LogP contribution in [0.3, 0.4) is 0 Å². The lowest BCUT2D eigenvalue weighted by Crippen LogP contribution is -2.31. The average molecular weight is 338 g/mol. The van der Waals surface area contributed by atoms with Gasteiger partial charge in [0.2, 0.25) is 0 Å². The maximum absolute atomic E-state index is 12.2. The molecular weight excluding hydrogens is 318 g/mol. The minimum atomic E-state index is 0.0416. The van der Waals surface area contributed by atoms with Gasteiger partial charge in [0, 0.05) is 17.4 Å². The Morgan fingerprint density at radius 3 is 2.90 bits per heavy atom. The van der Waals surface area contributed by atoms with E-state index in [1.807, 2.05) is 18.2 Å². The third-order valence-corrected chi connectivity index (χ3v) is 5.35. The summed E-state index contributed by atoms with van der Waals surface area (Å²) in [6.07, 6.45) is 3.80. The van der Waals surface area contributed by atoms with Crippen molar-refractivity contribution in [2.24, 2.45) is 11.8 Å². The van der Waals surface area contributed by atoms with E-state index in [-0.39, 0.29) is 5.91 Å². The zero-order chi connectivity index (χ0) is 13.9. The fourth-order valence-electron chi connectivity index (χ4n) is 3.22. The third-order valence-electron chi connectivity index (χ3n) is 4.52. The lowest BCUT2D eigenvalue weighted by atomic mass is 9.98. The van der Waals surface area contributed by atoms with Crippen LogP contribution in [0, 0.1) is 11.8 Å². The first-order valence-electron chi connectivity index (χ1n) is 7.31. The van der Waals surface area contributed by atoms with E-state index in [9.17, 15) is 4.79 Å². The lowest BCUT2D eigenvalue weighted by Gasteiger charge is -2.17. The summed E-state index contributed by atoms with van der Waals surface area (Å²) in [6, 6.07) is 5.88.